The number of amides is 1. The van der Waals surface area contributed by atoms with Crippen LogP contribution in [0.4, 0.5) is 11.4 Å². The molecule has 1 aromatic carbocycles. The van der Waals surface area contributed by atoms with E-state index < -0.39 is 22.7 Å². The molecule has 1 aromatic rings. The van der Waals surface area contributed by atoms with Crippen molar-refractivity contribution in [1.29, 1.82) is 0 Å². The van der Waals surface area contributed by atoms with Gasteiger partial charge in [-0.1, -0.05) is 0 Å². The Morgan fingerprint density at radius 1 is 1.50 bits per heavy atom. The molecule has 0 aliphatic heterocycles. The third kappa shape index (κ3) is 3.27. The lowest BCUT2D eigenvalue weighted by Crippen LogP contribution is -2.27. The number of nitrogens with zero attached hydrogens (tertiary/aromatic N) is 1. The molecule has 1 rings (SSSR count). The summed E-state index contributed by atoms with van der Waals surface area (Å²) in [5.41, 5.74) is -0.0428. The van der Waals surface area contributed by atoms with Crippen molar-refractivity contribution in [2.45, 2.75) is 6.92 Å². The highest BCUT2D eigenvalue weighted by molar-refractivity contribution is 9.10. The summed E-state index contributed by atoms with van der Waals surface area (Å²) in [6.45, 7) is 1.23. The minimum atomic E-state index is -1.27. The van der Waals surface area contributed by atoms with Gasteiger partial charge in [0, 0.05) is 16.6 Å². The van der Waals surface area contributed by atoms with E-state index >= 15 is 0 Å². The van der Waals surface area contributed by atoms with Crippen LogP contribution in [0.15, 0.2) is 22.7 Å². The van der Waals surface area contributed by atoms with E-state index in [9.17, 15) is 19.7 Å². The number of nitrogens with one attached hydrogen (secondary N) is 1. The van der Waals surface area contributed by atoms with E-state index in [2.05, 4.69) is 21.2 Å². The van der Waals surface area contributed by atoms with Crippen LogP contribution in [0.25, 0.3) is 0 Å². The minimum Gasteiger partial charge on any atom is -0.481 e. The van der Waals surface area contributed by atoms with E-state index in [1.165, 1.54) is 19.1 Å². The molecule has 0 bridgehead atoms. The van der Waals surface area contributed by atoms with Crippen molar-refractivity contribution in [3.63, 3.8) is 0 Å². The smallest absolute Gasteiger partial charge is 0.315 e. The summed E-state index contributed by atoms with van der Waals surface area (Å²) in [5, 5.41) is 21.6. The lowest BCUT2D eigenvalue weighted by molar-refractivity contribution is -0.384. The van der Waals surface area contributed by atoms with Crippen molar-refractivity contribution in [3.8, 4) is 0 Å². The topological polar surface area (TPSA) is 110 Å². The first-order valence-corrected chi connectivity index (χ1v) is 5.60. The van der Waals surface area contributed by atoms with Gasteiger partial charge in [-0.25, -0.2) is 0 Å². The number of hydrogen-bond donors (Lipinski definition) is 2. The Bertz CT molecular complexity index is 517. The molecule has 1 atom stereocenters. The average molecular weight is 317 g/mol. The number of carbonyl (C=O) groups excluding carboxylic acids is 1. The van der Waals surface area contributed by atoms with Gasteiger partial charge in [0.2, 0.25) is 5.91 Å². The highest BCUT2D eigenvalue weighted by Gasteiger charge is 2.21. The number of carboxylic acids is 1. The number of carbonyl (C=O) groups is 2. The summed E-state index contributed by atoms with van der Waals surface area (Å²) in [5.74, 6) is -3.26. The van der Waals surface area contributed by atoms with Crippen LogP contribution in [0.3, 0.4) is 0 Å². The average Bonchev–Trinajstić information content (AvgIpc) is 2.30. The number of non-ortho nitro benzene ring substituents is 1. The summed E-state index contributed by atoms with van der Waals surface area (Å²) < 4.78 is 0.430. The van der Waals surface area contributed by atoms with Crippen LogP contribution in [0, 0.1) is 16.0 Å². The van der Waals surface area contributed by atoms with E-state index in [-0.39, 0.29) is 11.4 Å². The molecule has 7 nitrogen and oxygen atoms in total. The van der Waals surface area contributed by atoms with Gasteiger partial charge in [0.15, 0.2) is 0 Å². The van der Waals surface area contributed by atoms with Gasteiger partial charge >= 0.3 is 5.97 Å². The van der Waals surface area contributed by atoms with Crippen LogP contribution < -0.4 is 5.32 Å². The zero-order valence-corrected chi connectivity index (χ0v) is 10.8. The van der Waals surface area contributed by atoms with E-state index in [4.69, 9.17) is 5.11 Å². The molecule has 2 N–H and O–H groups in total. The fourth-order valence-corrected chi connectivity index (χ4v) is 1.42. The predicted octanol–water partition coefficient (Wildman–Crippen LogP) is 2.02. The van der Waals surface area contributed by atoms with E-state index in [1.807, 2.05) is 0 Å². The molecule has 0 radical (unpaired) electrons. The van der Waals surface area contributed by atoms with Crippen molar-refractivity contribution >= 4 is 39.2 Å². The van der Waals surface area contributed by atoms with Gasteiger partial charge in [-0.15, -0.1) is 0 Å². The van der Waals surface area contributed by atoms with Crippen LogP contribution in [0.1, 0.15) is 6.92 Å². The molecule has 0 aliphatic carbocycles. The van der Waals surface area contributed by atoms with Crippen LogP contribution >= 0.6 is 15.9 Å². The molecule has 1 unspecified atom stereocenters. The Labute approximate surface area is 110 Å². The first-order valence-electron chi connectivity index (χ1n) is 4.80. The van der Waals surface area contributed by atoms with Gasteiger partial charge in [0.25, 0.3) is 5.69 Å². The third-order valence-electron chi connectivity index (χ3n) is 2.18. The molecule has 0 saturated carbocycles. The number of nitro groups is 1. The predicted molar refractivity (Wildman–Crippen MR) is 66.2 cm³/mol. The Hall–Kier alpha value is -1.96. The minimum absolute atomic E-state index is 0.155. The highest BCUT2D eigenvalue weighted by Crippen LogP contribution is 2.27. The first kappa shape index (κ1) is 14.1. The molecular weight excluding hydrogens is 308 g/mol. The van der Waals surface area contributed by atoms with Gasteiger partial charge in [-0.3, -0.25) is 19.7 Å². The normalized spacial score (nSPS) is 11.7. The highest BCUT2D eigenvalue weighted by atomic mass is 79.9. The molecule has 8 heteroatoms. The van der Waals surface area contributed by atoms with Gasteiger partial charge in [0.05, 0.1) is 10.6 Å². The summed E-state index contributed by atoms with van der Waals surface area (Å²) in [6, 6.07) is 3.82. The maximum Gasteiger partial charge on any atom is 0.315 e. The Morgan fingerprint density at radius 2 is 2.11 bits per heavy atom. The van der Waals surface area contributed by atoms with Gasteiger partial charge in [0.1, 0.15) is 5.92 Å². The molecule has 96 valence electrons. The van der Waals surface area contributed by atoms with E-state index in [0.717, 1.165) is 6.07 Å². The fraction of sp³-hybridized carbons (Fsp3) is 0.200. The Kier molecular flexibility index (Phi) is 4.38. The molecule has 0 aliphatic rings. The van der Waals surface area contributed by atoms with Crippen molar-refractivity contribution in [2.24, 2.45) is 5.92 Å². The molecule has 18 heavy (non-hydrogen) atoms. The second kappa shape index (κ2) is 5.58. The summed E-state index contributed by atoms with van der Waals surface area (Å²) >= 11 is 3.11. The fourth-order valence-electron chi connectivity index (χ4n) is 1.08. The number of aliphatic carboxylic acids is 1. The van der Waals surface area contributed by atoms with Crippen molar-refractivity contribution in [2.75, 3.05) is 5.32 Å². The lowest BCUT2D eigenvalue weighted by atomic mass is 10.1. The lowest BCUT2D eigenvalue weighted by Gasteiger charge is -2.09. The molecule has 0 spiro atoms. The zero-order valence-electron chi connectivity index (χ0n) is 9.21. The maximum atomic E-state index is 11.5. The first-order chi connectivity index (χ1) is 8.32. The summed E-state index contributed by atoms with van der Waals surface area (Å²) in [4.78, 5) is 32.1. The summed E-state index contributed by atoms with van der Waals surface area (Å²) in [6.07, 6.45) is 0. The largest absolute Gasteiger partial charge is 0.481 e. The van der Waals surface area contributed by atoms with Crippen LogP contribution in [0.2, 0.25) is 0 Å². The Balaban J connectivity index is 2.97. The van der Waals surface area contributed by atoms with Crippen molar-refractivity contribution < 1.29 is 19.6 Å². The number of carboxylic acid groups (broad SMARTS) is 1. The van der Waals surface area contributed by atoms with Gasteiger partial charge < -0.3 is 10.4 Å². The molecule has 0 saturated heterocycles. The van der Waals surface area contributed by atoms with E-state index in [0.29, 0.717) is 4.47 Å². The van der Waals surface area contributed by atoms with Crippen molar-refractivity contribution in [3.05, 3.63) is 32.8 Å². The van der Waals surface area contributed by atoms with E-state index in [1.54, 1.807) is 0 Å². The quantitative estimate of drug-likeness (QED) is 0.501. The van der Waals surface area contributed by atoms with Crippen LogP contribution in [-0.4, -0.2) is 21.9 Å². The number of rotatable bonds is 4. The second-order valence-electron chi connectivity index (χ2n) is 3.47. The second-order valence-corrected chi connectivity index (χ2v) is 4.32. The van der Waals surface area contributed by atoms with Crippen LogP contribution in [-0.2, 0) is 9.59 Å². The van der Waals surface area contributed by atoms with Gasteiger partial charge in [-0.2, -0.15) is 0 Å². The van der Waals surface area contributed by atoms with Crippen molar-refractivity contribution in [1.82, 2.24) is 0 Å². The zero-order chi connectivity index (χ0) is 13.9. The van der Waals surface area contributed by atoms with Crippen LogP contribution in [0.5, 0.6) is 0 Å². The third-order valence-corrected chi connectivity index (χ3v) is 2.87. The molecule has 0 heterocycles. The molecule has 0 fully saturated rings. The maximum absolute atomic E-state index is 11.5. The number of benzene rings is 1. The Morgan fingerprint density at radius 3 is 2.61 bits per heavy atom. The standard InChI is InChI=1S/C10H9BrN2O5/c1-5(10(15)16)9(14)12-8-4-6(13(17)18)2-3-7(8)11/h2-5H,1H3,(H,12,14)(H,15,16). The van der Waals surface area contributed by atoms with Gasteiger partial charge in [-0.05, 0) is 28.9 Å². The molecule has 1 amide bonds. The SMILES string of the molecule is CC(C(=O)O)C(=O)Nc1cc([N+](=O)[O-])ccc1Br. The number of nitro benzene ring substituents is 1. The summed E-state index contributed by atoms with van der Waals surface area (Å²) in [7, 11) is 0. The monoisotopic (exact) mass is 316 g/mol. The number of hydrogen-bond acceptors (Lipinski definition) is 4. The molecule has 0 aromatic heterocycles. The number of anilines is 1. The number of halogens is 1. The molecular formula is C10H9BrN2O5.